The second-order valence-electron chi connectivity index (χ2n) is 8.87. The van der Waals surface area contributed by atoms with Crippen molar-refractivity contribution in [1.82, 2.24) is 4.57 Å². The first-order valence-electron chi connectivity index (χ1n) is 11.1. The van der Waals surface area contributed by atoms with Crippen LogP contribution in [0.25, 0.3) is 10.9 Å². The average molecular weight is 414 g/mol. The van der Waals surface area contributed by atoms with E-state index in [-0.39, 0.29) is 18.1 Å². The molecule has 1 spiro atoms. The van der Waals surface area contributed by atoms with Crippen LogP contribution >= 0.6 is 0 Å². The zero-order valence-corrected chi connectivity index (χ0v) is 17.9. The van der Waals surface area contributed by atoms with E-state index in [1.165, 1.54) is 24.8 Å². The van der Waals surface area contributed by atoms with Gasteiger partial charge in [-0.2, -0.15) is 5.26 Å². The molecule has 5 heteroatoms. The summed E-state index contributed by atoms with van der Waals surface area (Å²) in [6, 6.07) is 20.2. The van der Waals surface area contributed by atoms with Crippen LogP contribution in [0.15, 0.2) is 54.6 Å². The molecule has 1 aliphatic carbocycles. The number of fused-ring (bicyclic) bond motifs is 1. The predicted octanol–water partition coefficient (Wildman–Crippen LogP) is 5.26. The monoisotopic (exact) mass is 413 g/mol. The lowest BCUT2D eigenvalue weighted by Gasteiger charge is -2.47. The third kappa shape index (κ3) is 3.51. The fraction of sp³-hybridized carbons (Fsp3) is 0.385. The van der Waals surface area contributed by atoms with Crippen molar-refractivity contribution in [3.8, 4) is 6.07 Å². The molecule has 0 N–H and O–H groups in total. The fourth-order valence-corrected chi connectivity index (χ4v) is 5.13. The zero-order chi connectivity index (χ0) is 21.4. The van der Waals surface area contributed by atoms with Crippen LogP contribution in [-0.4, -0.2) is 29.7 Å². The quantitative estimate of drug-likeness (QED) is 0.586. The summed E-state index contributed by atoms with van der Waals surface area (Å²) in [6.45, 7) is 0.969. The summed E-state index contributed by atoms with van der Waals surface area (Å²) < 4.78 is 7.94. The standard InChI is InChI=1S/C26H27N3O2/c1-28(22-6-3-2-4-7-22)25(30)24-17-21-16-19(8-9-23(21)29(24)14-13-27)20-10-15-31-26(18-20)11-5-12-26/h2-4,6-9,16-17,20H,5,10-12,14-15,18H2,1H3. The third-order valence-corrected chi connectivity index (χ3v) is 7.05. The molecule has 31 heavy (non-hydrogen) atoms. The predicted molar refractivity (Wildman–Crippen MR) is 121 cm³/mol. The summed E-state index contributed by atoms with van der Waals surface area (Å²) in [5, 5.41) is 10.4. The normalized spacial score (nSPS) is 19.7. The average Bonchev–Trinajstić information content (AvgIpc) is 3.15. The third-order valence-electron chi connectivity index (χ3n) is 7.05. The molecule has 0 radical (unpaired) electrons. The number of benzene rings is 2. The van der Waals surface area contributed by atoms with E-state index in [9.17, 15) is 10.1 Å². The molecule has 2 aliphatic rings. The Labute approximate surface area is 182 Å². The number of nitriles is 1. The molecule has 2 aromatic carbocycles. The van der Waals surface area contributed by atoms with Crippen LogP contribution < -0.4 is 4.90 Å². The molecule has 1 saturated heterocycles. The molecule has 3 aromatic rings. The molecular formula is C26H27N3O2. The number of carbonyl (C=O) groups is 1. The van der Waals surface area contributed by atoms with Gasteiger partial charge in [-0.3, -0.25) is 4.79 Å². The smallest absolute Gasteiger partial charge is 0.274 e. The number of para-hydroxylation sites is 1. The molecule has 1 atom stereocenters. The van der Waals surface area contributed by atoms with Gasteiger partial charge in [-0.05, 0) is 73.9 Å². The number of hydrogen-bond acceptors (Lipinski definition) is 3. The van der Waals surface area contributed by atoms with Crippen LogP contribution in [0.2, 0.25) is 0 Å². The lowest BCUT2D eigenvalue weighted by Crippen LogP contribution is -2.44. The van der Waals surface area contributed by atoms with Crippen molar-refractivity contribution in [3.05, 3.63) is 65.9 Å². The van der Waals surface area contributed by atoms with Crippen LogP contribution in [0, 0.1) is 11.3 Å². The highest BCUT2D eigenvalue weighted by Crippen LogP contribution is 2.47. The van der Waals surface area contributed by atoms with Crippen molar-refractivity contribution in [1.29, 1.82) is 5.26 Å². The van der Waals surface area contributed by atoms with Gasteiger partial charge in [0.25, 0.3) is 5.91 Å². The Morgan fingerprint density at radius 2 is 2.03 bits per heavy atom. The van der Waals surface area contributed by atoms with Crippen LogP contribution in [0.5, 0.6) is 0 Å². The van der Waals surface area contributed by atoms with Gasteiger partial charge in [-0.15, -0.1) is 0 Å². The summed E-state index contributed by atoms with van der Waals surface area (Å²) >= 11 is 0. The van der Waals surface area contributed by atoms with Gasteiger partial charge in [-0.1, -0.05) is 24.3 Å². The van der Waals surface area contributed by atoms with E-state index in [0.717, 1.165) is 36.0 Å². The van der Waals surface area contributed by atoms with Crippen LogP contribution in [0.1, 0.15) is 54.1 Å². The molecule has 158 valence electrons. The highest BCUT2D eigenvalue weighted by Gasteiger charge is 2.42. The van der Waals surface area contributed by atoms with E-state index in [1.54, 1.807) is 11.9 Å². The first-order valence-corrected chi connectivity index (χ1v) is 11.1. The van der Waals surface area contributed by atoms with Crippen molar-refractivity contribution >= 4 is 22.5 Å². The Hall–Kier alpha value is -3.10. The van der Waals surface area contributed by atoms with Crippen molar-refractivity contribution in [3.63, 3.8) is 0 Å². The Kier molecular flexibility index (Phi) is 5.03. The molecule has 2 heterocycles. The first-order chi connectivity index (χ1) is 15.1. The van der Waals surface area contributed by atoms with Gasteiger partial charge >= 0.3 is 0 Å². The van der Waals surface area contributed by atoms with Gasteiger partial charge in [0.05, 0.1) is 11.7 Å². The highest BCUT2D eigenvalue weighted by molar-refractivity contribution is 6.07. The molecule has 1 saturated carbocycles. The van der Waals surface area contributed by atoms with E-state index in [4.69, 9.17) is 4.74 Å². The van der Waals surface area contributed by atoms with Gasteiger partial charge in [0.1, 0.15) is 12.2 Å². The number of anilines is 1. The Bertz CT molecular complexity index is 1150. The lowest BCUT2D eigenvalue weighted by atomic mass is 9.70. The minimum Gasteiger partial charge on any atom is -0.375 e. The largest absolute Gasteiger partial charge is 0.375 e. The van der Waals surface area contributed by atoms with Gasteiger partial charge in [-0.25, -0.2) is 0 Å². The Morgan fingerprint density at radius 1 is 1.23 bits per heavy atom. The van der Waals surface area contributed by atoms with Gasteiger partial charge in [0.15, 0.2) is 0 Å². The maximum Gasteiger partial charge on any atom is 0.274 e. The number of aromatic nitrogens is 1. The fourth-order valence-electron chi connectivity index (χ4n) is 5.13. The van der Waals surface area contributed by atoms with E-state index < -0.39 is 0 Å². The van der Waals surface area contributed by atoms with Gasteiger partial charge < -0.3 is 14.2 Å². The number of nitrogens with zero attached hydrogens (tertiary/aromatic N) is 3. The van der Waals surface area contributed by atoms with Crippen LogP contribution in [0.3, 0.4) is 0 Å². The maximum atomic E-state index is 13.3. The molecule has 1 aromatic heterocycles. The maximum absolute atomic E-state index is 13.3. The molecule has 1 unspecified atom stereocenters. The molecule has 2 fully saturated rings. The summed E-state index contributed by atoms with van der Waals surface area (Å²) in [4.78, 5) is 14.9. The second-order valence-corrected chi connectivity index (χ2v) is 8.87. The lowest BCUT2D eigenvalue weighted by molar-refractivity contribution is -0.133. The summed E-state index contributed by atoms with van der Waals surface area (Å²) in [6.07, 6.45) is 5.74. The van der Waals surface area contributed by atoms with E-state index in [2.05, 4.69) is 24.3 Å². The Balaban J connectivity index is 1.49. The molecule has 1 aliphatic heterocycles. The minimum atomic E-state index is -0.112. The van der Waals surface area contributed by atoms with Crippen molar-refractivity contribution in [2.24, 2.45) is 0 Å². The number of ether oxygens (including phenoxy) is 1. The highest BCUT2D eigenvalue weighted by atomic mass is 16.5. The number of amides is 1. The summed E-state index contributed by atoms with van der Waals surface area (Å²) in [5.41, 5.74) is 3.72. The summed E-state index contributed by atoms with van der Waals surface area (Å²) in [5.74, 6) is 0.377. The first kappa shape index (κ1) is 19.8. The molecule has 5 rings (SSSR count). The van der Waals surface area contributed by atoms with Crippen LogP contribution in [-0.2, 0) is 11.3 Å². The van der Waals surface area contributed by atoms with Gasteiger partial charge in [0, 0.05) is 30.2 Å². The topological polar surface area (TPSA) is 58.3 Å². The molecule has 5 nitrogen and oxygen atoms in total. The Morgan fingerprint density at radius 3 is 2.74 bits per heavy atom. The summed E-state index contributed by atoms with van der Waals surface area (Å²) in [7, 11) is 1.78. The number of rotatable bonds is 4. The van der Waals surface area contributed by atoms with Gasteiger partial charge in [0.2, 0.25) is 0 Å². The van der Waals surface area contributed by atoms with E-state index in [1.807, 2.05) is 41.0 Å². The molecule has 0 bridgehead atoms. The number of carbonyl (C=O) groups excluding carboxylic acids is 1. The van der Waals surface area contributed by atoms with Crippen molar-refractivity contribution in [2.45, 2.75) is 50.2 Å². The van der Waals surface area contributed by atoms with E-state index in [0.29, 0.717) is 11.6 Å². The molecular weight excluding hydrogens is 386 g/mol. The zero-order valence-electron chi connectivity index (χ0n) is 17.9. The van der Waals surface area contributed by atoms with Crippen LogP contribution in [0.4, 0.5) is 5.69 Å². The SMILES string of the molecule is CN(C(=O)c1cc2cc(C3CCOC4(CCC4)C3)ccc2n1CC#N)c1ccccc1. The van der Waals surface area contributed by atoms with E-state index >= 15 is 0 Å². The van der Waals surface area contributed by atoms with Crippen molar-refractivity contribution < 1.29 is 9.53 Å². The van der Waals surface area contributed by atoms with Crippen molar-refractivity contribution in [2.75, 3.05) is 18.6 Å². The second kappa shape index (κ2) is 7.86. The minimum absolute atomic E-state index is 0.101. The number of hydrogen-bond donors (Lipinski definition) is 0. The molecule has 1 amide bonds.